The van der Waals surface area contributed by atoms with Gasteiger partial charge in [0, 0.05) is 17.9 Å². The largest absolute Gasteiger partial charge is 0.393 e. The number of hydrogen-bond acceptors (Lipinski definition) is 2. The molecule has 3 fully saturated rings. The second kappa shape index (κ2) is 4.23. The molecule has 0 bridgehead atoms. The molecule has 0 aromatic carbocycles. The van der Waals surface area contributed by atoms with E-state index >= 15 is 0 Å². The van der Waals surface area contributed by atoms with Crippen LogP contribution in [0.5, 0.6) is 0 Å². The molecule has 1 amide bonds. The van der Waals surface area contributed by atoms with Gasteiger partial charge in [0.05, 0.1) is 4.99 Å². The number of hydrogen-bond donors (Lipinski definition) is 2. The molecule has 0 radical (unpaired) electrons. The molecule has 3 nitrogen and oxygen atoms in total. The summed E-state index contributed by atoms with van der Waals surface area (Å²) in [7, 11) is 0. The molecule has 4 unspecified atom stereocenters. The second-order valence-corrected chi connectivity index (χ2v) is 6.31. The Morgan fingerprint density at radius 3 is 2.41 bits per heavy atom. The van der Waals surface area contributed by atoms with Gasteiger partial charge in [-0.3, -0.25) is 4.79 Å². The average Bonchev–Trinajstić information content (AvgIpc) is 2.71. The number of nitrogens with one attached hydrogen (secondary N) is 1. The Hall–Kier alpha value is -0.640. The van der Waals surface area contributed by atoms with Crippen LogP contribution in [-0.4, -0.2) is 16.9 Å². The summed E-state index contributed by atoms with van der Waals surface area (Å²) in [6, 6.07) is 0.210. The van der Waals surface area contributed by atoms with Crippen LogP contribution in [0.4, 0.5) is 0 Å². The number of amides is 1. The van der Waals surface area contributed by atoms with Gasteiger partial charge in [-0.1, -0.05) is 25.1 Å². The molecule has 0 spiro atoms. The van der Waals surface area contributed by atoms with Gasteiger partial charge < -0.3 is 11.1 Å². The van der Waals surface area contributed by atoms with Crippen molar-refractivity contribution in [1.82, 2.24) is 5.32 Å². The predicted molar refractivity (Wildman–Crippen MR) is 70.4 cm³/mol. The summed E-state index contributed by atoms with van der Waals surface area (Å²) in [6.07, 6.45) is 7.04. The van der Waals surface area contributed by atoms with Crippen molar-refractivity contribution in [3.8, 4) is 0 Å². The lowest BCUT2D eigenvalue weighted by Gasteiger charge is -2.20. The number of nitrogens with two attached hydrogens (primary N) is 1. The van der Waals surface area contributed by atoms with Gasteiger partial charge in [0.25, 0.3) is 0 Å². The van der Waals surface area contributed by atoms with E-state index in [1.54, 1.807) is 0 Å². The van der Waals surface area contributed by atoms with Crippen LogP contribution in [0.2, 0.25) is 0 Å². The van der Waals surface area contributed by atoms with Crippen molar-refractivity contribution in [2.24, 2.45) is 29.4 Å². The highest BCUT2D eigenvalue weighted by Gasteiger charge is 2.56. The molecule has 17 heavy (non-hydrogen) atoms. The molecule has 3 aliphatic rings. The average molecular weight is 252 g/mol. The summed E-state index contributed by atoms with van der Waals surface area (Å²) in [5.74, 6) is 2.20. The van der Waals surface area contributed by atoms with Gasteiger partial charge >= 0.3 is 0 Å². The first-order valence-corrected chi connectivity index (χ1v) is 7.19. The lowest BCUT2D eigenvalue weighted by molar-refractivity contribution is -0.123. The smallest absolute Gasteiger partial charge is 0.223 e. The number of carbonyl (C=O) groups is 1. The lowest BCUT2D eigenvalue weighted by atomic mass is 10.0. The van der Waals surface area contributed by atoms with E-state index < -0.39 is 0 Å². The van der Waals surface area contributed by atoms with Crippen LogP contribution in [0.15, 0.2) is 0 Å². The molecule has 0 aliphatic heterocycles. The molecule has 0 saturated heterocycles. The zero-order valence-electron chi connectivity index (χ0n) is 10.0. The van der Waals surface area contributed by atoms with Crippen LogP contribution >= 0.6 is 12.2 Å². The van der Waals surface area contributed by atoms with E-state index in [0.717, 1.165) is 19.3 Å². The summed E-state index contributed by atoms with van der Waals surface area (Å²) in [4.78, 5) is 12.7. The maximum Gasteiger partial charge on any atom is 0.223 e. The van der Waals surface area contributed by atoms with Gasteiger partial charge in [-0.15, -0.1) is 0 Å². The monoisotopic (exact) mass is 252 g/mol. The van der Waals surface area contributed by atoms with E-state index in [1.165, 1.54) is 19.3 Å². The van der Waals surface area contributed by atoms with Crippen molar-refractivity contribution in [3.05, 3.63) is 0 Å². The number of carbonyl (C=O) groups excluding carboxylic acids is 1. The fourth-order valence-corrected chi connectivity index (χ4v) is 4.24. The van der Waals surface area contributed by atoms with Gasteiger partial charge in [-0.2, -0.15) is 0 Å². The SMILES string of the molecule is NC(=S)C1CCCC1NC(=O)C1C2CCCC21. The van der Waals surface area contributed by atoms with Crippen LogP contribution in [0.3, 0.4) is 0 Å². The van der Waals surface area contributed by atoms with E-state index in [9.17, 15) is 4.79 Å². The van der Waals surface area contributed by atoms with Crippen LogP contribution in [0.25, 0.3) is 0 Å². The third-order valence-electron chi connectivity index (χ3n) is 4.92. The standard InChI is InChI=1S/C13H20N2OS/c14-12(17)9-5-2-6-10(9)15-13(16)11-7-3-1-4-8(7)11/h7-11H,1-6H2,(H2,14,17)(H,15,16). The van der Waals surface area contributed by atoms with Gasteiger partial charge in [0.1, 0.15) is 0 Å². The van der Waals surface area contributed by atoms with Crippen LogP contribution in [0.1, 0.15) is 38.5 Å². The number of thiocarbonyl (C=S) groups is 1. The highest BCUT2D eigenvalue weighted by molar-refractivity contribution is 7.80. The van der Waals surface area contributed by atoms with Crippen molar-refractivity contribution in [1.29, 1.82) is 0 Å². The number of rotatable bonds is 3. The normalized spacial score (nSPS) is 43.2. The third kappa shape index (κ3) is 1.96. The zero-order chi connectivity index (χ0) is 12.0. The fourth-order valence-electron chi connectivity index (χ4n) is 3.96. The van der Waals surface area contributed by atoms with Crippen molar-refractivity contribution < 1.29 is 4.79 Å². The maximum atomic E-state index is 12.1. The van der Waals surface area contributed by atoms with Crippen LogP contribution in [-0.2, 0) is 4.79 Å². The van der Waals surface area contributed by atoms with E-state index in [2.05, 4.69) is 5.32 Å². The van der Waals surface area contributed by atoms with Crippen molar-refractivity contribution in [2.75, 3.05) is 0 Å². The van der Waals surface area contributed by atoms with Gasteiger partial charge in [-0.05, 0) is 37.5 Å². The van der Waals surface area contributed by atoms with Gasteiger partial charge in [0.2, 0.25) is 5.91 Å². The third-order valence-corrected chi connectivity index (χ3v) is 5.22. The first kappa shape index (κ1) is 11.5. The molecule has 0 aromatic rings. The minimum absolute atomic E-state index is 0.210. The summed E-state index contributed by atoms with van der Waals surface area (Å²) in [5.41, 5.74) is 5.73. The Morgan fingerprint density at radius 2 is 1.76 bits per heavy atom. The predicted octanol–water partition coefficient (Wildman–Crippen LogP) is 1.60. The minimum atomic E-state index is 0.210. The summed E-state index contributed by atoms with van der Waals surface area (Å²) >= 11 is 5.07. The Morgan fingerprint density at radius 1 is 1.12 bits per heavy atom. The Labute approximate surface area is 108 Å². The Bertz CT molecular complexity index is 347. The van der Waals surface area contributed by atoms with Crippen molar-refractivity contribution >= 4 is 23.1 Å². The highest BCUT2D eigenvalue weighted by atomic mass is 32.1. The van der Waals surface area contributed by atoms with Gasteiger partial charge in [0.15, 0.2) is 0 Å². The number of fused-ring (bicyclic) bond motifs is 1. The summed E-state index contributed by atoms with van der Waals surface area (Å²) in [6.45, 7) is 0. The zero-order valence-corrected chi connectivity index (χ0v) is 10.8. The van der Waals surface area contributed by atoms with E-state index in [-0.39, 0.29) is 17.9 Å². The molecule has 3 N–H and O–H groups in total. The Kier molecular flexibility index (Phi) is 2.85. The first-order chi connectivity index (χ1) is 8.18. The lowest BCUT2D eigenvalue weighted by Crippen LogP contribution is -2.42. The maximum absolute atomic E-state index is 12.1. The molecule has 4 heteroatoms. The molecular formula is C13H20N2OS. The molecule has 0 aromatic heterocycles. The summed E-state index contributed by atoms with van der Waals surface area (Å²) in [5, 5.41) is 3.19. The van der Waals surface area contributed by atoms with Crippen molar-refractivity contribution in [2.45, 2.75) is 44.6 Å². The highest BCUT2D eigenvalue weighted by Crippen LogP contribution is 2.57. The molecule has 0 heterocycles. The molecule has 4 atom stereocenters. The molecular weight excluding hydrogens is 232 g/mol. The summed E-state index contributed by atoms with van der Waals surface area (Å²) < 4.78 is 0. The fraction of sp³-hybridized carbons (Fsp3) is 0.846. The van der Waals surface area contributed by atoms with Crippen LogP contribution < -0.4 is 11.1 Å². The topological polar surface area (TPSA) is 55.1 Å². The first-order valence-electron chi connectivity index (χ1n) is 6.78. The van der Waals surface area contributed by atoms with Crippen LogP contribution in [0, 0.1) is 23.7 Å². The Balaban J connectivity index is 1.56. The van der Waals surface area contributed by atoms with E-state index in [0.29, 0.717) is 22.7 Å². The van der Waals surface area contributed by atoms with Crippen molar-refractivity contribution in [3.63, 3.8) is 0 Å². The second-order valence-electron chi connectivity index (χ2n) is 5.84. The molecule has 94 valence electrons. The van der Waals surface area contributed by atoms with E-state index in [4.69, 9.17) is 18.0 Å². The quantitative estimate of drug-likeness (QED) is 0.750. The molecule has 3 aliphatic carbocycles. The minimum Gasteiger partial charge on any atom is -0.393 e. The van der Waals surface area contributed by atoms with Gasteiger partial charge in [-0.25, -0.2) is 0 Å². The molecule has 3 rings (SSSR count). The van der Waals surface area contributed by atoms with E-state index in [1.807, 2.05) is 0 Å². The molecule has 3 saturated carbocycles.